The average Bonchev–Trinajstić information content (AvgIpc) is 2.46. The van der Waals surface area contributed by atoms with Crippen molar-refractivity contribution in [3.8, 4) is 0 Å². The first-order valence-electron chi connectivity index (χ1n) is 6.24. The third-order valence-corrected chi connectivity index (χ3v) is 3.56. The molecule has 0 bridgehead atoms. The van der Waals surface area contributed by atoms with Crippen molar-refractivity contribution < 1.29 is 9.60 Å². The van der Waals surface area contributed by atoms with E-state index in [0.717, 1.165) is 10.0 Å². The normalized spacial score (nSPS) is 11.5. The average molecular weight is 352 g/mol. The molecule has 110 valence electrons. The lowest BCUT2D eigenvalue weighted by molar-refractivity contribution is 0.318. The van der Waals surface area contributed by atoms with Crippen LogP contribution in [0.4, 0.5) is 10.1 Å². The van der Waals surface area contributed by atoms with Crippen LogP contribution < -0.4 is 10.6 Å². The van der Waals surface area contributed by atoms with Crippen LogP contribution in [0.1, 0.15) is 11.1 Å². The lowest BCUT2D eigenvalue weighted by Gasteiger charge is -2.20. The summed E-state index contributed by atoms with van der Waals surface area (Å²) in [6.07, 6.45) is 0. The first-order chi connectivity index (χ1) is 10.0. The van der Waals surface area contributed by atoms with Gasteiger partial charge in [-0.15, -0.1) is 0 Å². The zero-order valence-corrected chi connectivity index (χ0v) is 13.0. The van der Waals surface area contributed by atoms with Crippen LogP contribution in [0.3, 0.4) is 0 Å². The Hall–Kier alpha value is -2.08. The number of rotatable bonds is 4. The van der Waals surface area contributed by atoms with Gasteiger partial charge in [-0.2, -0.15) is 0 Å². The van der Waals surface area contributed by atoms with Crippen LogP contribution in [0.5, 0.6) is 0 Å². The molecule has 3 N–H and O–H groups in total. The number of nitrogens with two attached hydrogens (primary N) is 1. The van der Waals surface area contributed by atoms with E-state index in [-0.39, 0.29) is 5.84 Å². The molecule has 0 spiro atoms. The van der Waals surface area contributed by atoms with Crippen molar-refractivity contribution in [1.29, 1.82) is 0 Å². The van der Waals surface area contributed by atoms with Crippen molar-refractivity contribution >= 4 is 27.5 Å². The van der Waals surface area contributed by atoms with Gasteiger partial charge in [-0.05, 0) is 35.9 Å². The summed E-state index contributed by atoms with van der Waals surface area (Å²) in [5.74, 6) is -0.535. The molecule has 0 aliphatic heterocycles. The molecular weight excluding hydrogens is 337 g/mol. The highest BCUT2D eigenvalue weighted by Gasteiger charge is 2.10. The van der Waals surface area contributed by atoms with E-state index in [2.05, 4.69) is 21.1 Å². The lowest BCUT2D eigenvalue weighted by Crippen LogP contribution is -2.19. The Balaban J connectivity index is 2.21. The van der Waals surface area contributed by atoms with E-state index in [0.29, 0.717) is 17.8 Å². The van der Waals surface area contributed by atoms with Crippen molar-refractivity contribution in [2.45, 2.75) is 6.54 Å². The summed E-state index contributed by atoms with van der Waals surface area (Å²) in [5, 5.41) is 11.5. The van der Waals surface area contributed by atoms with Gasteiger partial charge in [0.25, 0.3) is 0 Å². The standard InChI is InChI=1S/C15H15BrFN3O/c1-20(9-10-3-2-4-12(16)7-10)14-6-5-11(8-13(14)17)15(18)19-21/h2-8,21H,9H2,1H3,(H2,18,19). The molecule has 0 atom stereocenters. The smallest absolute Gasteiger partial charge is 0.170 e. The van der Waals surface area contributed by atoms with E-state index < -0.39 is 5.82 Å². The molecule has 0 radical (unpaired) electrons. The molecule has 0 amide bonds. The second-order valence-electron chi connectivity index (χ2n) is 4.64. The van der Waals surface area contributed by atoms with Gasteiger partial charge in [0.15, 0.2) is 5.84 Å². The Labute approximate surface area is 130 Å². The molecule has 6 heteroatoms. The fourth-order valence-electron chi connectivity index (χ4n) is 2.03. The van der Waals surface area contributed by atoms with Crippen molar-refractivity contribution in [3.05, 3.63) is 63.9 Å². The Morgan fingerprint density at radius 2 is 2.10 bits per heavy atom. The first-order valence-corrected chi connectivity index (χ1v) is 7.03. The summed E-state index contributed by atoms with van der Waals surface area (Å²) in [4.78, 5) is 1.80. The fourth-order valence-corrected chi connectivity index (χ4v) is 2.47. The molecule has 2 rings (SSSR count). The van der Waals surface area contributed by atoms with E-state index in [4.69, 9.17) is 10.9 Å². The molecule has 0 aliphatic carbocycles. The molecule has 4 nitrogen and oxygen atoms in total. The third kappa shape index (κ3) is 3.72. The molecule has 0 aromatic heterocycles. The SMILES string of the molecule is CN(Cc1cccc(Br)c1)c1ccc(C(N)=NO)cc1F. The van der Waals surface area contributed by atoms with E-state index in [1.807, 2.05) is 31.3 Å². The summed E-state index contributed by atoms with van der Waals surface area (Å²) >= 11 is 3.41. The second-order valence-corrected chi connectivity index (χ2v) is 5.55. The van der Waals surface area contributed by atoms with E-state index in [9.17, 15) is 4.39 Å². The second kappa shape index (κ2) is 6.58. The highest BCUT2D eigenvalue weighted by Crippen LogP contribution is 2.22. The third-order valence-electron chi connectivity index (χ3n) is 3.07. The van der Waals surface area contributed by atoms with Gasteiger partial charge in [0, 0.05) is 23.6 Å². The summed E-state index contributed by atoms with van der Waals surface area (Å²) in [6, 6.07) is 12.3. The fraction of sp³-hybridized carbons (Fsp3) is 0.133. The number of nitrogens with zero attached hydrogens (tertiary/aromatic N) is 2. The molecule has 0 saturated heterocycles. The van der Waals surface area contributed by atoms with E-state index in [1.54, 1.807) is 17.0 Å². The number of oxime groups is 1. The van der Waals surface area contributed by atoms with Gasteiger partial charge in [0.05, 0.1) is 5.69 Å². The van der Waals surface area contributed by atoms with Crippen LogP contribution in [0, 0.1) is 5.82 Å². The van der Waals surface area contributed by atoms with Crippen LogP contribution in [-0.2, 0) is 6.54 Å². The Bertz CT molecular complexity index is 676. The Morgan fingerprint density at radius 1 is 1.33 bits per heavy atom. The van der Waals surface area contributed by atoms with Gasteiger partial charge in [-0.1, -0.05) is 33.2 Å². The predicted octanol–water partition coefficient (Wildman–Crippen LogP) is 3.32. The largest absolute Gasteiger partial charge is 0.409 e. The van der Waals surface area contributed by atoms with Gasteiger partial charge >= 0.3 is 0 Å². The highest BCUT2D eigenvalue weighted by atomic mass is 79.9. The summed E-state index contributed by atoms with van der Waals surface area (Å²) in [6.45, 7) is 0.569. The minimum Gasteiger partial charge on any atom is -0.409 e. The van der Waals surface area contributed by atoms with Crippen LogP contribution in [-0.4, -0.2) is 18.1 Å². The topological polar surface area (TPSA) is 61.8 Å². The molecular formula is C15H15BrFN3O. The number of anilines is 1. The van der Waals surface area contributed by atoms with E-state index >= 15 is 0 Å². The zero-order chi connectivity index (χ0) is 15.4. The van der Waals surface area contributed by atoms with Gasteiger partial charge in [-0.25, -0.2) is 4.39 Å². The predicted molar refractivity (Wildman–Crippen MR) is 85.2 cm³/mol. The quantitative estimate of drug-likeness (QED) is 0.384. The number of hydrogen-bond donors (Lipinski definition) is 2. The number of hydrogen-bond acceptors (Lipinski definition) is 3. The number of amidine groups is 1. The molecule has 2 aromatic rings. The van der Waals surface area contributed by atoms with Crippen molar-refractivity contribution in [2.75, 3.05) is 11.9 Å². The van der Waals surface area contributed by atoms with E-state index in [1.165, 1.54) is 6.07 Å². The van der Waals surface area contributed by atoms with Crippen molar-refractivity contribution in [2.24, 2.45) is 10.9 Å². The molecule has 0 heterocycles. The van der Waals surface area contributed by atoms with Crippen LogP contribution in [0.2, 0.25) is 0 Å². The Kier molecular flexibility index (Phi) is 4.80. The summed E-state index contributed by atoms with van der Waals surface area (Å²) in [7, 11) is 1.81. The first kappa shape index (κ1) is 15.3. The van der Waals surface area contributed by atoms with Gasteiger partial charge in [-0.3, -0.25) is 0 Å². The Morgan fingerprint density at radius 3 is 2.71 bits per heavy atom. The van der Waals surface area contributed by atoms with Gasteiger partial charge in [0.1, 0.15) is 5.82 Å². The highest BCUT2D eigenvalue weighted by molar-refractivity contribution is 9.10. The molecule has 21 heavy (non-hydrogen) atoms. The minimum absolute atomic E-state index is 0.116. The zero-order valence-electron chi connectivity index (χ0n) is 11.4. The molecule has 2 aromatic carbocycles. The molecule has 0 fully saturated rings. The number of halogens is 2. The molecule has 0 saturated carbocycles. The summed E-state index contributed by atoms with van der Waals surface area (Å²) < 4.78 is 15.1. The molecule has 0 aliphatic rings. The monoisotopic (exact) mass is 351 g/mol. The van der Waals surface area contributed by atoms with Crippen molar-refractivity contribution in [1.82, 2.24) is 0 Å². The summed E-state index contributed by atoms with van der Waals surface area (Å²) in [5.41, 5.74) is 7.30. The van der Waals surface area contributed by atoms with Crippen molar-refractivity contribution in [3.63, 3.8) is 0 Å². The van der Waals surface area contributed by atoms with Crippen LogP contribution >= 0.6 is 15.9 Å². The minimum atomic E-state index is -0.420. The van der Waals surface area contributed by atoms with Crippen LogP contribution in [0.25, 0.3) is 0 Å². The van der Waals surface area contributed by atoms with Gasteiger partial charge in [0.2, 0.25) is 0 Å². The maximum atomic E-state index is 14.1. The maximum Gasteiger partial charge on any atom is 0.170 e. The number of benzene rings is 2. The lowest BCUT2D eigenvalue weighted by atomic mass is 10.1. The molecule has 0 unspecified atom stereocenters. The maximum absolute atomic E-state index is 14.1. The van der Waals surface area contributed by atoms with Gasteiger partial charge < -0.3 is 15.8 Å². The van der Waals surface area contributed by atoms with Crippen LogP contribution in [0.15, 0.2) is 52.1 Å².